The average molecular weight is 336 g/mol. The fraction of sp³-hybridized carbons (Fsp3) is 0.429. The Bertz CT molecular complexity index is 658. The van der Waals surface area contributed by atoms with E-state index in [4.69, 9.17) is 15.0 Å². The summed E-state index contributed by atoms with van der Waals surface area (Å²) in [4.78, 5) is 4.52. The Hall–Kier alpha value is -1.40. The molecule has 0 aliphatic carbocycles. The van der Waals surface area contributed by atoms with Gasteiger partial charge in [-0.05, 0) is 47.3 Å². The highest BCUT2D eigenvalue weighted by Crippen LogP contribution is 2.44. The van der Waals surface area contributed by atoms with Gasteiger partial charge in [-0.1, -0.05) is 11.2 Å². The lowest BCUT2D eigenvalue weighted by atomic mass is 9.89. The summed E-state index contributed by atoms with van der Waals surface area (Å²) in [5.74, 6) is 1.48. The van der Waals surface area contributed by atoms with Crippen LogP contribution in [-0.2, 0) is 4.74 Å². The van der Waals surface area contributed by atoms with E-state index in [0.29, 0.717) is 17.7 Å². The van der Waals surface area contributed by atoms with Crippen molar-refractivity contribution in [3.05, 3.63) is 28.5 Å². The summed E-state index contributed by atoms with van der Waals surface area (Å²) in [6.07, 6.45) is 3.88. The normalized spacial score (nSPS) is 28.1. The zero-order valence-corrected chi connectivity index (χ0v) is 12.3. The van der Waals surface area contributed by atoms with Gasteiger partial charge >= 0.3 is 0 Å². The van der Waals surface area contributed by atoms with Gasteiger partial charge in [-0.2, -0.15) is 4.98 Å². The predicted octanol–water partition coefficient (Wildman–Crippen LogP) is 3.12. The maximum atomic E-state index is 6.04. The number of nitrogens with two attached hydrogens (primary N) is 1. The topological polar surface area (TPSA) is 74.2 Å². The van der Waals surface area contributed by atoms with Crippen LogP contribution in [0.4, 0.5) is 5.69 Å². The van der Waals surface area contributed by atoms with Gasteiger partial charge < -0.3 is 15.0 Å². The molecule has 3 unspecified atom stereocenters. The van der Waals surface area contributed by atoms with Gasteiger partial charge in [-0.25, -0.2) is 0 Å². The molecule has 2 aliphatic heterocycles. The summed E-state index contributed by atoms with van der Waals surface area (Å²) in [6, 6.07) is 5.68. The zero-order chi connectivity index (χ0) is 13.7. The molecule has 0 saturated carbocycles. The van der Waals surface area contributed by atoms with Crippen molar-refractivity contribution in [3.63, 3.8) is 0 Å². The minimum atomic E-state index is 0.255. The van der Waals surface area contributed by atoms with Crippen molar-refractivity contribution in [3.8, 4) is 11.5 Å². The number of fused-ring (bicyclic) bond motifs is 2. The first-order valence-electron chi connectivity index (χ1n) is 6.76. The van der Waals surface area contributed by atoms with Crippen molar-refractivity contribution in [2.75, 3.05) is 5.73 Å². The molecule has 2 N–H and O–H groups in total. The second-order valence-electron chi connectivity index (χ2n) is 5.37. The Kier molecular flexibility index (Phi) is 2.82. The molecule has 20 heavy (non-hydrogen) atoms. The fourth-order valence-corrected chi connectivity index (χ4v) is 3.49. The molecule has 6 heteroatoms. The van der Waals surface area contributed by atoms with Crippen molar-refractivity contribution >= 4 is 21.6 Å². The Morgan fingerprint density at radius 3 is 2.95 bits per heavy atom. The maximum absolute atomic E-state index is 6.04. The molecule has 5 nitrogen and oxygen atoms in total. The summed E-state index contributed by atoms with van der Waals surface area (Å²) >= 11 is 3.41. The van der Waals surface area contributed by atoms with E-state index in [2.05, 4.69) is 26.1 Å². The molecular formula is C14H14BrN3O2. The van der Waals surface area contributed by atoms with Crippen LogP contribution in [0.5, 0.6) is 0 Å². The third-order valence-electron chi connectivity index (χ3n) is 4.16. The highest BCUT2D eigenvalue weighted by Gasteiger charge is 2.43. The molecule has 1 aromatic carbocycles. The first-order chi connectivity index (χ1) is 9.72. The van der Waals surface area contributed by atoms with E-state index in [1.54, 1.807) is 0 Å². The van der Waals surface area contributed by atoms with Gasteiger partial charge in [0.1, 0.15) is 0 Å². The minimum Gasteiger partial charge on any atom is -0.397 e. The fourth-order valence-electron chi connectivity index (χ4n) is 3.13. The highest BCUT2D eigenvalue weighted by atomic mass is 79.9. The molecule has 0 spiro atoms. The molecule has 104 valence electrons. The Labute approximate surface area is 124 Å². The number of hydrogen-bond donors (Lipinski definition) is 1. The van der Waals surface area contributed by atoms with E-state index < -0.39 is 0 Å². The predicted molar refractivity (Wildman–Crippen MR) is 77.1 cm³/mol. The number of nitrogen functional groups attached to an aromatic ring is 1. The molecule has 2 bridgehead atoms. The van der Waals surface area contributed by atoms with Gasteiger partial charge in [-0.15, -0.1) is 0 Å². The summed E-state index contributed by atoms with van der Waals surface area (Å²) < 4.78 is 12.1. The van der Waals surface area contributed by atoms with Crippen molar-refractivity contribution in [2.24, 2.45) is 0 Å². The summed E-state index contributed by atoms with van der Waals surface area (Å²) in [7, 11) is 0. The Morgan fingerprint density at radius 2 is 2.20 bits per heavy atom. The lowest BCUT2D eigenvalue weighted by molar-refractivity contribution is 0.0996. The van der Waals surface area contributed by atoms with Gasteiger partial charge in [0, 0.05) is 4.47 Å². The molecule has 2 aromatic rings. The molecule has 0 amide bonds. The number of aromatic nitrogens is 2. The van der Waals surface area contributed by atoms with Crippen molar-refractivity contribution in [1.29, 1.82) is 0 Å². The third kappa shape index (κ3) is 1.86. The molecule has 2 aliphatic rings. The third-order valence-corrected chi connectivity index (χ3v) is 4.85. The van der Waals surface area contributed by atoms with Crippen LogP contribution in [0.25, 0.3) is 11.5 Å². The number of halogens is 1. The quantitative estimate of drug-likeness (QED) is 0.853. The Balaban J connectivity index is 1.67. The highest BCUT2D eigenvalue weighted by molar-refractivity contribution is 9.10. The van der Waals surface area contributed by atoms with Crippen LogP contribution < -0.4 is 5.73 Å². The van der Waals surface area contributed by atoms with E-state index in [-0.39, 0.29) is 12.0 Å². The Morgan fingerprint density at radius 1 is 1.30 bits per heavy atom. The van der Waals surface area contributed by atoms with Gasteiger partial charge in [0.15, 0.2) is 5.82 Å². The summed E-state index contributed by atoms with van der Waals surface area (Å²) in [5.41, 5.74) is 7.42. The lowest BCUT2D eigenvalue weighted by Crippen LogP contribution is -2.15. The lowest BCUT2D eigenvalue weighted by Gasteiger charge is -2.13. The van der Waals surface area contributed by atoms with Crippen LogP contribution in [0.3, 0.4) is 0 Å². The summed E-state index contributed by atoms with van der Waals surface area (Å²) in [6.45, 7) is 0. The zero-order valence-electron chi connectivity index (χ0n) is 10.8. The van der Waals surface area contributed by atoms with Gasteiger partial charge in [0.25, 0.3) is 5.89 Å². The molecule has 4 rings (SSSR count). The van der Waals surface area contributed by atoms with E-state index in [1.165, 1.54) is 0 Å². The number of rotatable bonds is 2. The van der Waals surface area contributed by atoms with Crippen molar-refractivity contribution < 1.29 is 9.26 Å². The van der Waals surface area contributed by atoms with E-state index in [9.17, 15) is 0 Å². The second-order valence-corrected chi connectivity index (χ2v) is 6.23. The first-order valence-corrected chi connectivity index (χ1v) is 7.55. The van der Waals surface area contributed by atoms with E-state index >= 15 is 0 Å². The van der Waals surface area contributed by atoms with E-state index in [0.717, 1.165) is 35.1 Å². The van der Waals surface area contributed by atoms with Crippen LogP contribution in [-0.4, -0.2) is 22.3 Å². The van der Waals surface area contributed by atoms with Crippen LogP contribution in [0.2, 0.25) is 0 Å². The minimum absolute atomic E-state index is 0.255. The van der Waals surface area contributed by atoms with Crippen molar-refractivity contribution in [2.45, 2.75) is 37.4 Å². The van der Waals surface area contributed by atoms with Crippen molar-refractivity contribution in [1.82, 2.24) is 10.1 Å². The number of hydrogen-bond acceptors (Lipinski definition) is 5. The van der Waals surface area contributed by atoms with E-state index in [1.807, 2.05) is 18.2 Å². The molecule has 3 atom stereocenters. The molecule has 3 heterocycles. The molecule has 2 fully saturated rings. The SMILES string of the molecule is Nc1c(Br)cccc1-c1nc(C2CC3CCC2O3)no1. The number of anilines is 1. The number of ether oxygens (including phenoxy) is 1. The van der Waals surface area contributed by atoms with Gasteiger partial charge in [0.2, 0.25) is 0 Å². The number of benzene rings is 1. The van der Waals surface area contributed by atoms with Crippen LogP contribution in [0.15, 0.2) is 27.2 Å². The first kappa shape index (κ1) is 12.3. The standard InChI is InChI=1S/C14H14BrN3O2/c15-10-3-1-2-8(12(10)16)14-17-13(18-20-14)9-6-7-4-5-11(9)19-7/h1-3,7,9,11H,4-6,16H2. The van der Waals surface area contributed by atoms with Gasteiger partial charge in [-0.3, -0.25) is 0 Å². The number of nitrogens with zero attached hydrogens (tertiary/aromatic N) is 2. The smallest absolute Gasteiger partial charge is 0.260 e. The van der Waals surface area contributed by atoms with Crippen LogP contribution in [0.1, 0.15) is 31.0 Å². The monoisotopic (exact) mass is 335 g/mol. The average Bonchev–Trinajstić information content (AvgIpc) is 3.16. The molecule has 0 radical (unpaired) electrons. The summed E-state index contributed by atoms with van der Waals surface area (Å²) in [5, 5.41) is 4.13. The molecule has 1 aromatic heterocycles. The second kappa shape index (κ2) is 4.56. The molecular weight excluding hydrogens is 322 g/mol. The van der Waals surface area contributed by atoms with Crippen LogP contribution in [0, 0.1) is 0 Å². The largest absolute Gasteiger partial charge is 0.397 e. The maximum Gasteiger partial charge on any atom is 0.260 e. The number of para-hydroxylation sites is 1. The molecule has 2 saturated heterocycles. The van der Waals surface area contributed by atoms with Gasteiger partial charge in [0.05, 0.1) is 29.4 Å². The van der Waals surface area contributed by atoms with Crippen LogP contribution >= 0.6 is 15.9 Å².